The third-order valence-electron chi connectivity index (χ3n) is 4.75. The van der Waals surface area contributed by atoms with Gasteiger partial charge < -0.3 is 15.0 Å². The molecule has 5 nitrogen and oxygen atoms in total. The van der Waals surface area contributed by atoms with Crippen molar-refractivity contribution in [3.63, 3.8) is 0 Å². The average Bonchev–Trinajstić information content (AvgIpc) is 3.15. The normalized spacial score (nSPS) is 19.6. The number of thiazole rings is 1. The third kappa shape index (κ3) is 5.32. The Kier molecular flexibility index (Phi) is 6.59. The Bertz CT molecular complexity index is 883. The number of nitrogens with zero attached hydrogens (tertiary/aromatic N) is 1. The second-order valence-electron chi connectivity index (χ2n) is 6.90. The number of thioether (sulfide) groups is 1. The minimum Gasteiger partial charge on any atom is -0.365 e. The first-order valence-electron chi connectivity index (χ1n) is 9.50. The molecule has 7 heteroatoms. The summed E-state index contributed by atoms with van der Waals surface area (Å²) in [5.74, 6) is 0.413. The van der Waals surface area contributed by atoms with Gasteiger partial charge in [-0.3, -0.25) is 4.79 Å². The van der Waals surface area contributed by atoms with Gasteiger partial charge in [0.2, 0.25) is 5.91 Å². The number of benzene rings is 2. The molecule has 0 saturated carbocycles. The summed E-state index contributed by atoms with van der Waals surface area (Å²) in [6.07, 6.45) is 0.0730. The molecule has 2 aromatic carbocycles. The zero-order valence-electron chi connectivity index (χ0n) is 15.6. The molecule has 1 amide bonds. The maximum Gasteiger partial charge on any atom is 0.230 e. The highest BCUT2D eigenvalue weighted by atomic mass is 32.2. The van der Waals surface area contributed by atoms with Crippen molar-refractivity contribution in [1.29, 1.82) is 0 Å². The fourth-order valence-electron chi connectivity index (χ4n) is 3.35. The van der Waals surface area contributed by atoms with E-state index in [9.17, 15) is 4.79 Å². The standard InChI is InChI=1S/C21H23N3O2S2/c25-20(15-27-21-23-18-8-4-5-9-19(18)28-21)22-12-17-14-24(10-11-26-17)13-16-6-2-1-3-7-16/h1-9,17H,10-15H2,(H,22,25)/p+1/t17-/m0/s1. The molecule has 146 valence electrons. The second kappa shape index (κ2) is 9.52. The Morgan fingerprint density at radius 1 is 1.21 bits per heavy atom. The van der Waals surface area contributed by atoms with Crippen LogP contribution in [0.4, 0.5) is 0 Å². The van der Waals surface area contributed by atoms with Crippen molar-refractivity contribution in [2.45, 2.75) is 17.0 Å². The van der Waals surface area contributed by atoms with Crippen LogP contribution in [0.1, 0.15) is 5.56 Å². The molecule has 2 atom stereocenters. The van der Waals surface area contributed by atoms with Gasteiger partial charge in [-0.05, 0) is 12.1 Å². The van der Waals surface area contributed by atoms with Crippen molar-refractivity contribution < 1.29 is 14.4 Å². The molecule has 1 unspecified atom stereocenters. The topological polar surface area (TPSA) is 55.7 Å². The monoisotopic (exact) mass is 414 g/mol. The molecule has 2 N–H and O–H groups in total. The number of rotatable bonds is 7. The smallest absolute Gasteiger partial charge is 0.230 e. The Morgan fingerprint density at radius 3 is 2.89 bits per heavy atom. The number of quaternary nitrogens is 1. The largest absolute Gasteiger partial charge is 0.365 e. The van der Waals surface area contributed by atoms with Crippen molar-refractivity contribution >= 4 is 39.2 Å². The van der Waals surface area contributed by atoms with Crippen LogP contribution < -0.4 is 10.2 Å². The second-order valence-corrected chi connectivity index (χ2v) is 9.15. The van der Waals surface area contributed by atoms with Crippen LogP contribution in [0, 0.1) is 0 Å². The summed E-state index contributed by atoms with van der Waals surface area (Å²) in [5, 5.41) is 3.02. The van der Waals surface area contributed by atoms with Crippen LogP contribution in [-0.2, 0) is 16.1 Å². The van der Waals surface area contributed by atoms with E-state index in [1.54, 1.807) is 11.3 Å². The molecule has 4 rings (SSSR count). The van der Waals surface area contributed by atoms with E-state index in [2.05, 4.69) is 40.6 Å². The van der Waals surface area contributed by atoms with E-state index in [4.69, 9.17) is 4.74 Å². The molecular weight excluding hydrogens is 390 g/mol. The molecule has 2 heterocycles. The first-order chi connectivity index (χ1) is 13.8. The van der Waals surface area contributed by atoms with E-state index in [0.29, 0.717) is 12.3 Å². The van der Waals surface area contributed by atoms with Crippen molar-refractivity contribution in [3.8, 4) is 0 Å². The van der Waals surface area contributed by atoms with E-state index < -0.39 is 0 Å². The van der Waals surface area contributed by atoms with Gasteiger partial charge in [-0.15, -0.1) is 11.3 Å². The minimum atomic E-state index is 0.0306. The Balaban J connectivity index is 1.20. The third-order valence-corrected chi connectivity index (χ3v) is 6.93. The van der Waals surface area contributed by atoms with Crippen molar-refractivity contribution in [2.75, 3.05) is 32.0 Å². The minimum absolute atomic E-state index is 0.0306. The van der Waals surface area contributed by atoms with Crippen molar-refractivity contribution in [2.24, 2.45) is 0 Å². The highest BCUT2D eigenvalue weighted by Gasteiger charge is 2.24. The van der Waals surface area contributed by atoms with Gasteiger partial charge in [0.15, 0.2) is 4.34 Å². The molecule has 1 aromatic heterocycles. The predicted octanol–water partition coefficient (Wildman–Crippen LogP) is 1.99. The molecule has 0 aliphatic carbocycles. The number of nitrogens with one attached hydrogen (secondary N) is 2. The van der Waals surface area contributed by atoms with E-state index in [1.165, 1.54) is 22.2 Å². The number of morpholine rings is 1. The summed E-state index contributed by atoms with van der Waals surface area (Å²) in [4.78, 5) is 18.3. The fraction of sp³-hybridized carbons (Fsp3) is 0.333. The lowest BCUT2D eigenvalue weighted by Crippen LogP contribution is -3.13. The molecule has 1 saturated heterocycles. The van der Waals surface area contributed by atoms with Crippen molar-refractivity contribution in [1.82, 2.24) is 10.3 Å². The fourth-order valence-corrected chi connectivity index (χ4v) is 5.25. The molecule has 0 spiro atoms. The quantitative estimate of drug-likeness (QED) is 0.581. The van der Waals surface area contributed by atoms with Crippen LogP contribution in [0.2, 0.25) is 0 Å². The van der Waals surface area contributed by atoms with Gasteiger partial charge in [-0.25, -0.2) is 4.98 Å². The van der Waals surface area contributed by atoms with Crippen molar-refractivity contribution in [3.05, 3.63) is 60.2 Å². The van der Waals surface area contributed by atoms with Gasteiger partial charge in [-0.1, -0.05) is 54.2 Å². The van der Waals surface area contributed by atoms with Crippen LogP contribution in [-0.4, -0.2) is 49.0 Å². The van der Waals surface area contributed by atoms with E-state index in [0.717, 1.165) is 40.8 Å². The molecule has 1 fully saturated rings. The van der Waals surface area contributed by atoms with Gasteiger partial charge in [0, 0.05) is 12.1 Å². The van der Waals surface area contributed by atoms with Crippen LogP contribution in [0.15, 0.2) is 58.9 Å². The van der Waals surface area contributed by atoms with Crippen LogP contribution in [0.3, 0.4) is 0 Å². The first kappa shape index (κ1) is 19.4. The number of hydrogen-bond donors (Lipinski definition) is 2. The number of aromatic nitrogens is 1. The van der Waals surface area contributed by atoms with Crippen LogP contribution in [0.25, 0.3) is 10.2 Å². The summed E-state index contributed by atoms with van der Waals surface area (Å²) < 4.78 is 7.94. The molecule has 0 bridgehead atoms. The molecule has 0 radical (unpaired) electrons. The Hall–Kier alpha value is -1.93. The summed E-state index contributed by atoms with van der Waals surface area (Å²) in [6.45, 7) is 4.23. The summed E-state index contributed by atoms with van der Waals surface area (Å²) >= 11 is 3.12. The Labute approximate surface area is 173 Å². The highest BCUT2D eigenvalue weighted by molar-refractivity contribution is 8.01. The zero-order chi connectivity index (χ0) is 19.2. The van der Waals surface area contributed by atoms with Crippen LogP contribution in [0.5, 0.6) is 0 Å². The lowest BCUT2D eigenvalue weighted by molar-refractivity contribution is -0.925. The number of para-hydroxylation sites is 1. The van der Waals surface area contributed by atoms with E-state index in [1.807, 2.05) is 24.3 Å². The summed E-state index contributed by atoms with van der Waals surface area (Å²) in [7, 11) is 0. The Morgan fingerprint density at radius 2 is 2.04 bits per heavy atom. The molecule has 28 heavy (non-hydrogen) atoms. The van der Waals surface area contributed by atoms with Crippen LogP contribution >= 0.6 is 23.1 Å². The number of fused-ring (bicyclic) bond motifs is 1. The molecular formula is C21H24N3O2S2+. The van der Waals surface area contributed by atoms with Gasteiger partial charge >= 0.3 is 0 Å². The number of ether oxygens (including phenoxy) is 1. The average molecular weight is 415 g/mol. The molecule has 1 aliphatic rings. The maximum atomic E-state index is 12.2. The van der Waals surface area contributed by atoms with Gasteiger partial charge in [0.25, 0.3) is 0 Å². The maximum absolute atomic E-state index is 12.2. The number of carbonyl (C=O) groups excluding carboxylic acids is 1. The number of amides is 1. The number of carbonyl (C=O) groups is 1. The predicted molar refractivity (Wildman–Crippen MR) is 114 cm³/mol. The SMILES string of the molecule is O=C(CSc1nc2ccccc2s1)NC[C@H]1C[NH+](Cc2ccccc2)CCO1. The zero-order valence-corrected chi connectivity index (χ0v) is 17.2. The van der Waals surface area contributed by atoms with Gasteiger partial charge in [-0.2, -0.15) is 0 Å². The lowest BCUT2D eigenvalue weighted by atomic mass is 10.2. The number of hydrogen-bond acceptors (Lipinski definition) is 5. The molecule has 1 aliphatic heterocycles. The summed E-state index contributed by atoms with van der Waals surface area (Å²) in [6, 6.07) is 18.6. The van der Waals surface area contributed by atoms with Gasteiger partial charge in [0.1, 0.15) is 25.7 Å². The summed E-state index contributed by atoms with van der Waals surface area (Å²) in [5.41, 5.74) is 2.34. The lowest BCUT2D eigenvalue weighted by Gasteiger charge is -2.30. The van der Waals surface area contributed by atoms with E-state index >= 15 is 0 Å². The van der Waals surface area contributed by atoms with Gasteiger partial charge in [0.05, 0.1) is 22.6 Å². The van der Waals surface area contributed by atoms with E-state index in [-0.39, 0.29) is 12.0 Å². The highest BCUT2D eigenvalue weighted by Crippen LogP contribution is 2.28. The molecule has 3 aromatic rings. The first-order valence-corrected chi connectivity index (χ1v) is 11.3.